The van der Waals surface area contributed by atoms with Crippen LogP contribution in [-0.2, 0) is 4.79 Å². The van der Waals surface area contributed by atoms with Crippen LogP contribution in [0.15, 0.2) is 18.2 Å². The average Bonchev–Trinajstić information content (AvgIpc) is 2.42. The minimum Gasteiger partial charge on any atom is -0.497 e. The van der Waals surface area contributed by atoms with Gasteiger partial charge in [0, 0.05) is 43.4 Å². The summed E-state index contributed by atoms with van der Waals surface area (Å²) in [5, 5.41) is 2.92. The third-order valence-corrected chi connectivity index (χ3v) is 3.39. The fourth-order valence-corrected chi connectivity index (χ4v) is 2.27. The van der Waals surface area contributed by atoms with E-state index in [-0.39, 0.29) is 17.9 Å². The zero-order valence-corrected chi connectivity index (χ0v) is 11.7. The fourth-order valence-electron chi connectivity index (χ4n) is 2.27. The molecule has 0 saturated carbocycles. The van der Waals surface area contributed by atoms with E-state index in [4.69, 9.17) is 10.5 Å². The van der Waals surface area contributed by atoms with E-state index in [9.17, 15) is 9.59 Å². The van der Waals surface area contributed by atoms with Gasteiger partial charge in [0.2, 0.25) is 5.91 Å². The maximum Gasteiger partial charge on any atom is 0.251 e. The standard InChI is InChI=1S/C14H19N3O3/c1-17-8-11(3-4-13(17)18)16-14(19)9-5-10(15)7-12(6-9)20-2/h5-7,11H,3-4,8,15H2,1-2H3,(H,16,19). The molecule has 108 valence electrons. The van der Waals surface area contributed by atoms with Gasteiger partial charge in [0.1, 0.15) is 5.75 Å². The Morgan fingerprint density at radius 1 is 1.45 bits per heavy atom. The van der Waals surface area contributed by atoms with Crippen molar-refractivity contribution in [3.8, 4) is 5.75 Å². The zero-order chi connectivity index (χ0) is 14.7. The molecule has 2 amide bonds. The maximum absolute atomic E-state index is 12.2. The van der Waals surface area contributed by atoms with Crippen molar-refractivity contribution in [3.05, 3.63) is 23.8 Å². The Morgan fingerprint density at radius 3 is 2.85 bits per heavy atom. The lowest BCUT2D eigenvalue weighted by Crippen LogP contribution is -2.48. The van der Waals surface area contributed by atoms with E-state index in [0.29, 0.717) is 36.4 Å². The molecule has 3 N–H and O–H groups in total. The van der Waals surface area contributed by atoms with Gasteiger partial charge in [0.05, 0.1) is 7.11 Å². The second kappa shape index (κ2) is 5.81. The maximum atomic E-state index is 12.2. The Hall–Kier alpha value is -2.24. The first-order valence-corrected chi connectivity index (χ1v) is 6.49. The molecule has 1 aliphatic heterocycles. The number of nitrogens with zero attached hydrogens (tertiary/aromatic N) is 1. The Morgan fingerprint density at radius 2 is 2.20 bits per heavy atom. The number of piperidine rings is 1. The number of likely N-dealkylation sites (N-methyl/N-ethyl adjacent to an activating group) is 1. The van der Waals surface area contributed by atoms with Crippen LogP contribution in [0, 0.1) is 0 Å². The number of nitrogen functional groups attached to an aromatic ring is 1. The summed E-state index contributed by atoms with van der Waals surface area (Å²) in [6, 6.07) is 4.88. The van der Waals surface area contributed by atoms with E-state index < -0.39 is 0 Å². The molecule has 20 heavy (non-hydrogen) atoms. The van der Waals surface area contributed by atoms with Crippen LogP contribution in [0.2, 0.25) is 0 Å². The van der Waals surface area contributed by atoms with Crippen molar-refractivity contribution in [2.45, 2.75) is 18.9 Å². The molecule has 0 aliphatic carbocycles. The van der Waals surface area contributed by atoms with Crippen molar-refractivity contribution in [3.63, 3.8) is 0 Å². The van der Waals surface area contributed by atoms with Crippen molar-refractivity contribution in [1.29, 1.82) is 0 Å². The van der Waals surface area contributed by atoms with Gasteiger partial charge in [-0.1, -0.05) is 0 Å². The molecule has 0 bridgehead atoms. The van der Waals surface area contributed by atoms with Crippen LogP contribution in [0.3, 0.4) is 0 Å². The number of hydrogen-bond donors (Lipinski definition) is 2. The summed E-state index contributed by atoms with van der Waals surface area (Å²) >= 11 is 0. The second-order valence-electron chi connectivity index (χ2n) is 4.98. The van der Waals surface area contributed by atoms with Gasteiger partial charge in [-0.05, 0) is 18.6 Å². The smallest absolute Gasteiger partial charge is 0.251 e. The topological polar surface area (TPSA) is 84.7 Å². The number of hydrogen-bond acceptors (Lipinski definition) is 4. The summed E-state index contributed by atoms with van der Waals surface area (Å²) in [6.07, 6.45) is 1.12. The molecule has 6 heteroatoms. The van der Waals surface area contributed by atoms with Gasteiger partial charge in [0.25, 0.3) is 5.91 Å². The first kappa shape index (κ1) is 14.2. The van der Waals surface area contributed by atoms with Gasteiger partial charge in [-0.3, -0.25) is 9.59 Å². The molecule has 0 spiro atoms. The van der Waals surface area contributed by atoms with Gasteiger partial charge in [-0.15, -0.1) is 0 Å². The molecular weight excluding hydrogens is 258 g/mol. The molecule has 1 heterocycles. The summed E-state index contributed by atoms with van der Waals surface area (Å²) in [4.78, 5) is 25.2. The number of amides is 2. The summed E-state index contributed by atoms with van der Waals surface area (Å²) in [5.41, 5.74) is 6.67. The van der Waals surface area contributed by atoms with E-state index in [2.05, 4.69) is 5.32 Å². The van der Waals surface area contributed by atoms with Crippen molar-refractivity contribution in [2.24, 2.45) is 0 Å². The third kappa shape index (κ3) is 3.20. The molecule has 1 fully saturated rings. The number of anilines is 1. The summed E-state index contributed by atoms with van der Waals surface area (Å²) in [5.74, 6) is 0.454. The molecule has 6 nitrogen and oxygen atoms in total. The first-order valence-electron chi connectivity index (χ1n) is 6.49. The Kier molecular flexibility index (Phi) is 4.12. The second-order valence-corrected chi connectivity index (χ2v) is 4.98. The van der Waals surface area contributed by atoms with E-state index >= 15 is 0 Å². The zero-order valence-electron chi connectivity index (χ0n) is 11.7. The number of likely N-dealkylation sites (tertiary alicyclic amines) is 1. The highest BCUT2D eigenvalue weighted by Crippen LogP contribution is 2.19. The largest absolute Gasteiger partial charge is 0.497 e. The number of methoxy groups -OCH3 is 1. The van der Waals surface area contributed by atoms with Gasteiger partial charge in [0.15, 0.2) is 0 Å². The van der Waals surface area contributed by atoms with Gasteiger partial charge in [-0.25, -0.2) is 0 Å². The number of carbonyl (C=O) groups excluding carboxylic acids is 2. The molecule has 1 atom stereocenters. The SMILES string of the molecule is COc1cc(N)cc(C(=O)NC2CCC(=O)N(C)C2)c1. The number of rotatable bonds is 3. The van der Waals surface area contributed by atoms with Crippen molar-refractivity contribution < 1.29 is 14.3 Å². The fraction of sp³-hybridized carbons (Fsp3) is 0.429. The Balaban J connectivity index is 2.05. The molecule has 2 rings (SSSR count). The van der Waals surface area contributed by atoms with E-state index in [1.165, 1.54) is 7.11 Å². The quantitative estimate of drug-likeness (QED) is 0.794. The predicted molar refractivity (Wildman–Crippen MR) is 75.5 cm³/mol. The van der Waals surface area contributed by atoms with Crippen LogP contribution < -0.4 is 15.8 Å². The molecule has 0 radical (unpaired) electrons. The van der Waals surface area contributed by atoms with Crippen LogP contribution in [0.1, 0.15) is 23.2 Å². The first-order chi connectivity index (χ1) is 9.49. The van der Waals surface area contributed by atoms with Crippen molar-refractivity contribution in [2.75, 3.05) is 26.4 Å². The Labute approximate surface area is 117 Å². The summed E-state index contributed by atoms with van der Waals surface area (Å²) < 4.78 is 5.09. The summed E-state index contributed by atoms with van der Waals surface area (Å²) in [7, 11) is 3.27. The number of nitrogens with two attached hydrogens (primary N) is 1. The minimum atomic E-state index is -0.205. The van der Waals surface area contributed by atoms with Crippen LogP contribution in [0.25, 0.3) is 0 Å². The highest BCUT2D eigenvalue weighted by molar-refractivity contribution is 5.95. The molecule has 1 unspecified atom stereocenters. The van der Waals surface area contributed by atoms with E-state index in [1.54, 1.807) is 30.1 Å². The molecule has 1 aliphatic rings. The van der Waals surface area contributed by atoms with Crippen LogP contribution >= 0.6 is 0 Å². The van der Waals surface area contributed by atoms with Gasteiger partial charge >= 0.3 is 0 Å². The number of carbonyl (C=O) groups is 2. The lowest BCUT2D eigenvalue weighted by molar-refractivity contribution is -0.132. The average molecular weight is 277 g/mol. The lowest BCUT2D eigenvalue weighted by atomic mass is 10.0. The molecule has 1 aromatic rings. The molecule has 0 aromatic heterocycles. The highest BCUT2D eigenvalue weighted by atomic mass is 16.5. The lowest BCUT2D eigenvalue weighted by Gasteiger charge is -2.30. The minimum absolute atomic E-state index is 0.0300. The van der Waals surface area contributed by atoms with Crippen molar-refractivity contribution >= 4 is 17.5 Å². The van der Waals surface area contributed by atoms with Gasteiger partial charge < -0.3 is 20.7 Å². The number of ether oxygens (including phenoxy) is 1. The normalized spacial score (nSPS) is 18.8. The Bertz CT molecular complexity index is 530. The predicted octanol–water partition coefficient (Wildman–Crippen LogP) is 0.628. The van der Waals surface area contributed by atoms with Crippen LogP contribution in [0.5, 0.6) is 5.75 Å². The highest BCUT2D eigenvalue weighted by Gasteiger charge is 2.24. The van der Waals surface area contributed by atoms with Crippen LogP contribution in [0.4, 0.5) is 5.69 Å². The van der Waals surface area contributed by atoms with Crippen LogP contribution in [-0.4, -0.2) is 43.5 Å². The van der Waals surface area contributed by atoms with Crippen molar-refractivity contribution in [1.82, 2.24) is 10.2 Å². The number of benzene rings is 1. The molecule has 1 saturated heterocycles. The van der Waals surface area contributed by atoms with Gasteiger partial charge in [-0.2, -0.15) is 0 Å². The number of nitrogens with one attached hydrogen (secondary N) is 1. The molecule has 1 aromatic carbocycles. The third-order valence-electron chi connectivity index (χ3n) is 3.39. The van der Waals surface area contributed by atoms with E-state index in [0.717, 1.165) is 0 Å². The molecular formula is C14H19N3O3. The monoisotopic (exact) mass is 277 g/mol. The summed E-state index contributed by atoms with van der Waals surface area (Å²) in [6.45, 7) is 0.532. The van der Waals surface area contributed by atoms with E-state index in [1.807, 2.05) is 0 Å².